The van der Waals surface area contributed by atoms with Gasteiger partial charge in [0, 0.05) is 37.2 Å². The van der Waals surface area contributed by atoms with Gasteiger partial charge in [-0.2, -0.15) is 0 Å². The number of nitrogens with one attached hydrogen (secondary N) is 1. The number of hydrogen-bond donors (Lipinski definition) is 1. The van der Waals surface area contributed by atoms with Gasteiger partial charge in [0.05, 0.1) is 4.90 Å². The van der Waals surface area contributed by atoms with Gasteiger partial charge in [-0.05, 0) is 48.9 Å². The maximum atomic E-state index is 12.7. The SMILES string of the molecule is Cc1ccc(NS(=O)(=O)c2cccc(C(=O)N(C)Cc3cccnc3)c2)cc1. The highest BCUT2D eigenvalue weighted by molar-refractivity contribution is 7.92. The van der Waals surface area contributed by atoms with Crippen LogP contribution in [0.4, 0.5) is 5.69 Å². The Morgan fingerprint density at radius 2 is 1.82 bits per heavy atom. The number of carbonyl (C=O) groups is 1. The number of rotatable bonds is 6. The molecule has 1 aromatic heterocycles. The molecule has 1 heterocycles. The van der Waals surface area contributed by atoms with Crippen LogP contribution < -0.4 is 4.72 Å². The Morgan fingerprint density at radius 3 is 2.50 bits per heavy atom. The van der Waals surface area contributed by atoms with Crippen LogP contribution in [0, 0.1) is 6.92 Å². The average Bonchev–Trinajstić information content (AvgIpc) is 2.70. The Balaban J connectivity index is 1.78. The maximum Gasteiger partial charge on any atom is 0.261 e. The van der Waals surface area contributed by atoms with Gasteiger partial charge in [0.15, 0.2) is 0 Å². The topological polar surface area (TPSA) is 79.4 Å². The Hall–Kier alpha value is -3.19. The van der Waals surface area contributed by atoms with Crippen LogP contribution in [0.5, 0.6) is 0 Å². The number of amides is 1. The van der Waals surface area contributed by atoms with Crippen LogP contribution in [0.2, 0.25) is 0 Å². The third-order valence-electron chi connectivity index (χ3n) is 4.18. The second-order valence-corrected chi connectivity index (χ2v) is 8.20. The van der Waals surface area contributed by atoms with E-state index in [2.05, 4.69) is 9.71 Å². The largest absolute Gasteiger partial charge is 0.337 e. The summed E-state index contributed by atoms with van der Waals surface area (Å²) in [5, 5.41) is 0. The van der Waals surface area contributed by atoms with E-state index in [-0.39, 0.29) is 10.8 Å². The second kappa shape index (κ2) is 8.22. The molecule has 144 valence electrons. The number of nitrogens with zero attached hydrogens (tertiary/aromatic N) is 2. The Bertz CT molecular complexity index is 1070. The van der Waals surface area contributed by atoms with E-state index in [4.69, 9.17) is 0 Å². The monoisotopic (exact) mass is 395 g/mol. The van der Waals surface area contributed by atoms with E-state index in [1.807, 2.05) is 25.1 Å². The fraction of sp³-hybridized carbons (Fsp3) is 0.143. The lowest BCUT2D eigenvalue weighted by molar-refractivity contribution is 0.0784. The summed E-state index contributed by atoms with van der Waals surface area (Å²) >= 11 is 0. The second-order valence-electron chi connectivity index (χ2n) is 6.52. The van der Waals surface area contributed by atoms with Crippen molar-refractivity contribution in [3.05, 3.63) is 89.7 Å². The van der Waals surface area contributed by atoms with Crippen molar-refractivity contribution in [1.82, 2.24) is 9.88 Å². The zero-order chi connectivity index (χ0) is 20.1. The predicted molar refractivity (Wildman–Crippen MR) is 108 cm³/mol. The van der Waals surface area contributed by atoms with Crippen molar-refractivity contribution in [3.63, 3.8) is 0 Å². The van der Waals surface area contributed by atoms with Gasteiger partial charge in [-0.15, -0.1) is 0 Å². The summed E-state index contributed by atoms with van der Waals surface area (Å²) in [6.45, 7) is 2.31. The number of anilines is 1. The average molecular weight is 395 g/mol. The molecule has 3 aromatic rings. The van der Waals surface area contributed by atoms with Crippen LogP contribution >= 0.6 is 0 Å². The number of carbonyl (C=O) groups excluding carboxylic acids is 1. The third kappa shape index (κ3) is 4.75. The Labute approximate surface area is 164 Å². The van der Waals surface area contributed by atoms with Crippen molar-refractivity contribution >= 4 is 21.6 Å². The smallest absolute Gasteiger partial charge is 0.261 e. The van der Waals surface area contributed by atoms with Gasteiger partial charge in [-0.25, -0.2) is 8.42 Å². The minimum Gasteiger partial charge on any atom is -0.337 e. The maximum absolute atomic E-state index is 12.7. The van der Waals surface area contributed by atoms with Gasteiger partial charge in [0.1, 0.15) is 0 Å². The zero-order valence-corrected chi connectivity index (χ0v) is 16.5. The molecule has 7 heteroatoms. The first-order valence-electron chi connectivity index (χ1n) is 8.69. The van der Waals surface area contributed by atoms with Gasteiger partial charge in [0.2, 0.25) is 0 Å². The molecule has 0 saturated heterocycles. The molecule has 0 fully saturated rings. The molecule has 6 nitrogen and oxygen atoms in total. The van der Waals surface area contributed by atoms with E-state index >= 15 is 0 Å². The highest BCUT2D eigenvalue weighted by Gasteiger charge is 2.18. The lowest BCUT2D eigenvalue weighted by atomic mass is 10.2. The molecule has 0 unspecified atom stereocenters. The first-order chi connectivity index (χ1) is 13.3. The van der Waals surface area contributed by atoms with Crippen molar-refractivity contribution in [3.8, 4) is 0 Å². The number of hydrogen-bond acceptors (Lipinski definition) is 4. The Kier molecular flexibility index (Phi) is 5.75. The summed E-state index contributed by atoms with van der Waals surface area (Å²) in [6, 6.07) is 16.7. The third-order valence-corrected chi connectivity index (χ3v) is 5.56. The molecule has 0 radical (unpaired) electrons. The van der Waals surface area contributed by atoms with E-state index in [9.17, 15) is 13.2 Å². The summed E-state index contributed by atoms with van der Waals surface area (Å²) in [5.41, 5.74) is 2.70. The fourth-order valence-electron chi connectivity index (χ4n) is 2.69. The normalized spacial score (nSPS) is 11.1. The molecule has 0 aliphatic rings. The number of aryl methyl sites for hydroxylation is 1. The van der Waals surface area contributed by atoms with E-state index in [1.54, 1.807) is 49.8 Å². The minimum atomic E-state index is -3.80. The van der Waals surface area contributed by atoms with Crippen molar-refractivity contribution in [2.45, 2.75) is 18.4 Å². The van der Waals surface area contributed by atoms with Gasteiger partial charge in [-0.1, -0.05) is 29.8 Å². The van der Waals surface area contributed by atoms with E-state index in [0.717, 1.165) is 11.1 Å². The lowest BCUT2D eigenvalue weighted by Gasteiger charge is -2.17. The van der Waals surface area contributed by atoms with Crippen LogP contribution in [-0.4, -0.2) is 31.3 Å². The summed E-state index contributed by atoms with van der Waals surface area (Å²) in [5.74, 6) is -0.267. The molecule has 0 atom stereocenters. The fourth-order valence-corrected chi connectivity index (χ4v) is 3.79. The number of pyridine rings is 1. The van der Waals surface area contributed by atoms with Gasteiger partial charge >= 0.3 is 0 Å². The predicted octanol–water partition coefficient (Wildman–Crippen LogP) is 3.46. The van der Waals surface area contributed by atoms with Crippen LogP contribution in [0.25, 0.3) is 0 Å². The molecule has 1 N–H and O–H groups in total. The van der Waals surface area contributed by atoms with Crippen molar-refractivity contribution in [2.24, 2.45) is 0 Å². The van der Waals surface area contributed by atoms with Crippen LogP contribution in [0.3, 0.4) is 0 Å². The molecule has 0 aliphatic carbocycles. The molecule has 0 saturated carbocycles. The minimum absolute atomic E-state index is 0.0358. The number of benzene rings is 2. The van der Waals surface area contributed by atoms with Crippen molar-refractivity contribution < 1.29 is 13.2 Å². The molecule has 0 spiro atoms. The molecule has 0 aliphatic heterocycles. The van der Waals surface area contributed by atoms with Gasteiger partial charge in [0.25, 0.3) is 15.9 Å². The quantitative estimate of drug-likeness (QED) is 0.693. The first-order valence-corrected chi connectivity index (χ1v) is 10.2. The van der Waals surface area contributed by atoms with E-state index in [0.29, 0.717) is 17.8 Å². The van der Waals surface area contributed by atoms with Crippen molar-refractivity contribution in [2.75, 3.05) is 11.8 Å². The summed E-state index contributed by atoms with van der Waals surface area (Å²) in [7, 11) is -2.13. The molecule has 1 amide bonds. The lowest BCUT2D eigenvalue weighted by Crippen LogP contribution is -2.26. The zero-order valence-electron chi connectivity index (χ0n) is 15.7. The van der Waals surface area contributed by atoms with Crippen molar-refractivity contribution in [1.29, 1.82) is 0 Å². The number of sulfonamides is 1. The molecular formula is C21H21N3O3S. The highest BCUT2D eigenvalue weighted by atomic mass is 32.2. The molecule has 28 heavy (non-hydrogen) atoms. The molecule has 2 aromatic carbocycles. The summed E-state index contributed by atoms with van der Waals surface area (Å²) < 4.78 is 27.9. The van der Waals surface area contributed by atoms with Crippen LogP contribution in [-0.2, 0) is 16.6 Å². The molecule has 3 rings (SSSR count). The van der Waals surface area contributed by atoms with E-state index < -0.39 is 10.0 Å². The highest BCUT2D eigenvalue weighted by Crippen LogP contribution is 2.18. The summed E-state index contributed by atoms with van der Waals surface area (Å²) in [6.07, 6.45) is 3.36. The van der Waals surface area contributed by atoms with Gasteiger partial charge < -0.3 is 4.90 Å². The Morgan fingerprint density at radius 1 is 1.07 bits per heavy atom. The molecular weight excluding hydrogens is 374 g/mol. The van der Waals surface area contributed by atoms with E-state index in [1.165, 1.54) is 17.0 Å². The van der Waals surface area contributed by atoms with Crippen LogP contribution in [0.15, 0.2) is 78.0 Å². The first kappa shape index (κ1) is 19.6. The number of aromatic nitrogens is 1. The molecule has 0 bridgehead atoms. The standard InChI is InChI=1S/C21H21N3O3S/c1-16-8-10-19(11-9-16)23-28(26,27)20-7-3-6-18(13-20)21(25)24(2)15-17-5-4-12-22-14-17/h3-14,23H,15H2,1-2H3. The van der Waals surface area contributed by atoms with Gasteiger partial charge in [-0.3, -0.25) is 14.5 Å². The summed E-state index contributed by atoms with van der Waals surface area (Å²) in [4.78, 5) is 18.3. The van der Waals surface area contributed by atoms with Crippen LogP contribution in [0.1, 0.15) is 21.5 Å².